The Morgan fingerprint density at radius 3 is 1.63 bits per heavy atom. The van der Waals surface area contributed by atoms with Crippen LogP contribution in [0.4, 0.5) is 0 Å². The summed E-state index contributed by atoms with van der Waals surface area (Å²) in [6.45, 7) is 8.46. The minimum atomic E-state index is -0.501. The summed E-state index contributed by atoms with van der Waals surface area (Å²) in [6, 6.07) is 0. The molecule has 0 spiro atoms. The molecule has 0 rings (SSSR count). The van der Waals surface area contributed by atoms with Crippen molar-refractivity contribution >= 4 is 11.9 Å². The molecule has 158 valence electrons. The number of hydrogen-bond donors (Lipinski definition) is 0. The van der Waals surface area contributed by atoms with Gasteiger partial charge in [-0.1, -0.05) is 91.4 Å². The minimum absolute atomic E-state index is 0.167. The highest BCUT2D eigenvalue weighted by atomic mass is 16.5. The van der Waals surface area contributed by atoms with Crippen molar-refractivity contribution in [1.82, 2.24) is 0 Å². The Bertz CT molecular complexity index is 401. The molecule has 0 saturated heterocycles. The van der Waals surface area contributed by atoms with Gasteiger partial charge in [0.15, 0.2) is 0 Å². The molecule has 0 aliphatic rings. The van der Waals surface area contributed by atoms with Crippen LogP contribution in [0.15, 0.2) is 12.2 Å². The first-order valence-electron chi connectivity index (χ1n) is 11.0. The molecule has 0 saturated carbocycles. The van der Waals surface area contributed by atoms with E-state index in [1.807, 2.05) is 20.8 Å². The zero-order valence-corrected chi connectivity index (χ0v) is 18.1. The summed E-state index contributed by atoms with van der Waals surface area (Å²) in [4.78, 5) is 23.1. The van der Waals surface area contributed by atoms with Gasteiger partial charge >= 0.3 is 11.9 Å². The van der Waals surface area contributed by atoms with E-state index < -0.39 is 11.9 Å². The molecule has 27 heavy (non-hydrogen) atoms. The van der Waals surface area contributed by atoms with Gasteiger partial charge in [-0.2, -0.15) is 0 Å². The van der Waals surface area contributed by atoms with Crippen LogP contribution in [0.25, 0.3) is 0 Å². The standard InChI is InChI=1S/C23H42O4/c1-5-6-7-8-9-10-11-12-13-14-15-16-19-26-22(24)17-18-23(25)27-21(4)20(2)3/h17-18,20-21H,5-16,19H2,1-4H3/b18-17+. The van der Waals surface area contributed by atoms with Crippen molar-refractivity contribution in [2.75, 3.05) is 6.61 Å². The molecule has 1 unspecified atom stereocenters. The minimum Gasteiger partial charge on any atom is -0.463 e. The summed E-state index contributed by atoms with van der Waals surface area (Å²) >= 11 is 0. The molecule has 0 radical (unpaired) electrons. The normalized spacial score (nSPS) is 12.5. The molecule has 4 heteroatoms. The molecule has 0 aromatic carbocycles. The molecule has 1 atom stereocenters. The second-order valence-corrected chi connectivity index (χ2v) is 7.78. The molecule has 0 fully saturated rings. The largest absolute Gasteiger partial charge is 0.463 e. The fraction of sp³-hybridized carbons (Fsp3) is 0.826. The van der Waals surface area contributed by atoms with Crippen LogP contribution in [0.1, 0.15) is 105 Å². The first-order valence-corrected chi connectivity index (χ1v) is 11.0. The van der Waals surface area contributed by atoms with E-state index in [1.165, 1.54) is 64.2 Å². The maximum Gasteiger partial charge on any atom is 0.331 e. The lowest BCUT2D eigenvalue weighted by Crippen LogP contribution is -2.19. The quantitative estimate of drug-likeness (QED) is 0.166. The molecule has 0 bridgehead atoms. The third kappa shape index (κ3) is 17.8. The summed E-state index contributed by atoms with van der Waals surface area (Å²) in [5, 5.41) is 0. The molecule has 0 aliphatic carbocycles. The Morgan fingerprint density at radius 1 is 0.704 bits per heavy atom. The number of carbonyl (C=O) groups is 2. The summed E-state index contributed by atoms with van der Waals surface area (Å²) in [5.74, 6) is -0.731. The Hall–Kier alpha value is -1.32. The Labute approximate surface area is 167 Å². The average Bonchev–Trinajstić information content (AvgIpc) is 2.63. The van der Waals surface area contributed by atoms with Gasteiger partial charge in [0.1, 0.15) is 6.10 Å². The molecule has 4 nitrogen and oxygen atoms in total. The van der Waals surface area contributed by atoms with E-state index in [0.29, 0.717) is 6.61 Å². The topological polar surface area (TPSA) is 52.6 Å². The summed E-state index contributed by atoms with van der Waals surface area (Å²) in [5.41, 5.74) is 0. The van der Waals surface area contributed by atoms with Gasteiger partial charge in [-0.15, -0.1) is 0 Å². The second kappa shape index (κ2) is 18.1. The van der Waals surface area contributed by atoms with E-state index in [2.05, 4.69) is 6.92 Å². The Balaban J connectivity index is 3.45. The molecule has 0 aromatic rings. The van der Waals surface area contributed by atoms with Crippen molar-refractivity contribution in [2.45, 2.75) is 111 Å². The number of carbonyl (C=O) groups excluding carboxylic acids is 2. The van der Waals surface area contributed by atoms with E-state index in [4.69, 9.17) is 9.47 Å². The van der Waals surface area contributed by atoms with Gasteiger partial charge in [0, 0.05) is 12.2 Å². The Kier molecular flexibility index (Phi) is 17.2. The van der Waals surface area contributed by atoms with Crippen molar-refractivity contribution in [3.63, 3.8) is 0 Å². The molecule has 0 N–H and O–H groups in total. The lowest BCUT2D eigenvalue weighted by molar-refractivity contribution is -0.145. The zero-order chi connectivity index (χ0) is 20.3. The predicted molar refractivity (Wildman–Crippen MR) is 112 cm³/mol. The van der Waals surface area contributed by atoms with Gasteiger partial charge in [0.2, 0.25) is 0 Å². The van der Waals surface area contributed by atoms with E-state index in [1.54, 1.807) is 0 Å². The first kappa shape index (κ1) is 25.7. The highest BCUT2D eigenvalue weighted by molar-refractivity contribution is 5.91. The van der Waals surface area contributed by atoms with Crippen molar-refractivity contribution in [3.8, 4) is 0 Å². The maximum absolute atomic E-state index is 11.6. The summed E-state index contributed by atoms with van der Waals surface area (Å²) in [7, 11) is 0. The number of unbranched alkanes of at least 4 members (excludes halogenated alkanes) is 11. The fourth-order valence-corrected chi connectivity index (χ4v) is 2.66. The van der Waals surface area contributed by atoms with Crippen molar-refractivity contribution in [3.05, 3.63) is 12.2 Å². The van der Waals surface area contributed by atoms with Crippen LogP contribution in [-0.4, -0.2) is 24.6 Å². The number of rotatable bonds is 17. The molecule has 0 amide bonds. The van der Waals surface area contributed by atoms with E-state index in [0.717, 1.165) is 25.0 Å². The third-order valence-electron chi connectivity index (χ3n) is 4.84. The lowest BCUT2D eigenvalue weighted by Gasteiger charge is -2.14. The van der Waals surface area contributed by atoms with Crippen LogP contribution >= 0.6 is 0 Å². The zero-order valence-electron chi connectivity index (χ0n) is 18.1. The number of esters is 2. The lowest BCUT2D eigenvalue weighted by atomic mass is 10.1. The summed E-state index contributed by atoms with van der Waals surface area (Å²) < 4.78 is 10.3. The fourth-order valence-electron chi connectivity index (χ4n) is 2.66. The monoisotopic (exact) mass is 382 g/mol. The third-order valence-corrected chi connectivity index (χ3v) is 4.84. The second-order valence-electron chi connectivity index (χ2n) is 7.78. The van der Waals surface area contributed by atoms with Crippen LogP contribution in [0.3, 0.4) is 0 Å². The molecule has 0 heterocycles. The van der Waals surface area contributed by atoms with E-state index >= 15 is 0 Å². The predicted octanol–water partition coefficient (Wildman–Crippen LogP) is 6.37. The van der Waals surface area contributed by atoms with Gasteiger partial charge < -0.3 is 9.47 Å². The molecule has 0 aromatic heterocycles. The van der Waals surface area contributed by atoms with Crippen LogP contribution in [0.2, 0.25) is 0 Å². The first-order chi connectivity index (χ1) is 13.0. The van der Waals surface area contributed by atoms with E-state index in [9.17, 15) is 9.59 Å². The SMILES string of the molecule is CCCCCCCCCCCCCCOC(=O)/C=C/C(=O)OC(C)C(C)C. The highest BCUT2D eigenvalue weighted by Gasteiger charge is 2.11. The van der Waals surface area contributed by atoms with E-state index in [-0.39, 0.29) is 12.0 Å². The number of hydrogen-bond acceptors (Lipinski definition) is 4. The average molecular weight is 383 g/mol. The van der Waals surface area contributed by atoms with Crippen LogP contribution in [0.5, 0.6) is 0 Å². The van der Waals surface area contributed by atoms with Crippen molar-refractivity contribution < 1.29 is 19.1 Å². The Morgan fingerprint density at radius 2 is 1.15 bits per heavy atom. The van der Waals surface area contributed by atoms with Gasteiger partial charge in [-0.3, -0.25) is 0 Å². The molecular weight excluding hydrogens is 340 g/mol. The van der Waals surface area contributed by atoms with Crippen molar-refractivity contribution in [2.24, 2.45) is 5.92 Å². The van der Waals surface area contributed by atoms with Gasteiger partial charge in [0.25, 0.3) is 0 Å². The van der Waals surface area contributed by atoms with Crippen LogP contribution in [-0.2, 0) is 19.1 Å². The van der Waals surface area contributed by atoms with Gasteiger partial charge in [-0.25, -0.2) is 9.59 Å². The van der Waals surface area contributed by atoms with Crippen LogP contribution < -0.4 is 0 Å². The molecule has 0 aliphatic heterocycles. The van der Waals surface area contributed by atoms with Crippen molar-refractivity contribution in [1.29, 1.82) is 0 Å². The highest BCUT2D eigenvalue weighted by Crippen LogP contribution is 2.12. The smallest absolute Gasteiger partial charge is 0.331 e. The molecular formula is C23H42O4. The van der Waals surface area contributed by atoms with Gasteiger partial charge in [0.05, 0.1) is 6.61 Å². The maximum atomic E-state index is 11.6. The van der Waals surface area contributed by atoms with Crippen LogP contribution in [0, 0.1) is 5.92 Å². The van der Waals surface area contributed by atoms with Gasteiger partial charge in [-0.05, 0) is 19.3 Å². The number of ether oxygens (including phenoxy) is 2. The summed E-state index contributed by atoms with van der Waals surface area (Å²) in [6.07, 6.45) is 17.4.